The molecule has 12 heteroatoms. The lowest BCUT2D eigenvalue weighted by Crippen LogP contribution is -2.44. The molecule has 38 heavy (non-hydrogen) atoms. The smallest absolute Gasteiger partial charge is 0.243 e. The lowest BCUT2D eigenvalue weighted by atomic mass is 10.2. The Morgan fingerprint density at radius 2 is 1.87 bits per heavy atom. The van der Waals surface area contributed by atoms with Crippen LogP contribution in [0.4, 0.5) is 17.6 Å². The number of hydrogen-bond acceptors (Lipinski definition) is 10. The van der Waals surface area contributed by atoms with Crippen LogP contribution in [0.2, 0.25) is 0 Å². The average molecular weight is 520 g/mol. The van der Waals surface area contributed by atoms with Crippen LogP contribution in [0.5, 0.6) is 17.2 Å². The summed E-state index contributed by atoms with van der Waals surface area (Å²) in [7, 11) is 4.71. The number of carbonyl (C=O) groups is 1. The Kier molecular flexibility index (Phi) is 6.14. The minimum atomic E-state index is -0.285. The molecule has 1 unspecified atom stereocenters. The van der Waals surface area contributed by atoms with Crippen LogP contribution in [0.1, 0.15) is 25.7 Å². The molecule has 0 bridgehead atoms. The largest absolute Gasteiger partial charge is 0.493 e. The number of methoxy groups -OCH3 is 3. The number of anilines is 3. The summed E-state index contributed by atoms with van der Waals surface area (Å²) in [5.41, 5.74) is 1.93. The summed E-state index contributed by atoms with van der Waals surface area (Å²) >= 11 is 0. The Balaban J connectivity index is 1.29. The highest BCUT2D eigenvalue weighted by molar-refractivity contribution is 5.89. The maximum atomic E-state index is 12.9. The van der Waals surface area contributed by atoms with Crippen molar-refractivity contribution < 1.29 is 23.4 Å². The van der Waals surface area contributed by atoms with Crippen LogP contribution in [0, 0.1) is 0 Å². The standard InChI is InChI=1S/C26H29N7O5/c1-35-19-11-16(12-20(36-2)23(19)37-3)32-13-21(27-14-32)30-24-22-17(8-10-38-22)29-26(31-24)33-9-4-5-18(33)25(34)28-15-6-7-15/h8,10-15,18H,4-7,9H2,1-3H3,(H,28,34)(H,29,30,31). The number of ether oxygens (including phenoxy) is 3. The fourth-order valence-electron chi connectivity index (χ4n) is 4.73. The van der Waals surface area contributed by atoms with E-state index in [1.54, 1.807) is 40.0 Å². The van der Waals surface area contributed by atoms with Crippen molar-refractivity contribution in [1.29, 1.82) is 0 Å². The normalized spacial score (nSPS) is 17.0. The van der Waals surface area contributed by atoms with Gasteiger partial charge in [-0.1, -0.05) is 0 Å². The third-order valence-corrected chi connectivity index (χ3v) is 6.80. The van der Waals surface area contributed by atoms with Gasteiger partial charge in [-0.15, -0.1) is 0 Å². The van der Waals surface area contributed by atoms with E-state index in [9.17, 15) is 4.79 Å². The highest BCUT2D eigenvalue weighted by Gasteiger charge is 2.35. The molecule has 0 spiro atoms. The van der Waals surface area contributed by atoms with Gasteiger partial charge in [0.25, 0.3) is 0 Å². The first-order valence-electron chi connectivity index (χ1n) is 12.5. The highest BCUT2D eigenvalue weighted by atomic mass is 16.5. The molecule has 4 heterocycles. The number of rotatable bonds is 9. The number of furan rings is 1. The van der Waals surface area contributed by atoms with Crippen molar-refractivity contribution in [3.63, 3.8) is 0 Å². The Bertz CT molecular complexity index is 1450. The molecule has 198 valence electrons. The molecular weight excluding hydrogens is 490 g/mol. The zero-order valence-electron chi connectivity index (χ0n) is 21.4. The summed E-state index contributed by atoms with van der Waals surface area (Å²) in [5, 5.41) is 6.38. The first-order chi connectivity index (χ1) is 18.6. The molecule has 2 fully saturated rings. The molecule has 1 aliphatic heterocycles. The first kappa shape index (κ1) is 23.9. The Morgan fingerprint density at radius 1 is 1.08 bits per heavy atom. The van der Waals surface area contributed by atoms with E-state index < -0.39 is 0 Å². The second kappa shape index (κ2) is 9.77. The first-order valence-corrected chi connectivity index (χ1v) is 12.5. The van der Waals surface area contributed by atoms with Crippen molar-refractivity contribution in [2.75, 3.05) is 38.1 Å². The maximum absolute atomic E-state index is 12.9. The van der Waals surface area contributed by atoms with E-state index in [-0.39, 0.29) is 11.9 Å². The van der Waals surface area contributed by atoms with Crippen molar-refractivity contribution >= 4 is 34.6 Å². The fraction of sp³-hybridized carbons (Fsp3) is 0.385. The molecular formula is C26H29N7O5. The van der Waals surface area contributed by atoms with Gasteiger partial charge in [0.1, 0.15) is 23.7 Å². The molecule has 4 aromatic rings. The van der Waals surface area contributed by atoms with Gasteiger partial charge in [0, 0.05) is 30.8 Å². The van der Waals surface area contributed by atoms with Crippen LogP contribution in [-0.2, 0) is 4.79 Å². The zero-order chi connectivity index (χ0) is 26.2. The van der Waals surface area contributed by atoms with Gasteiger partial charge in [-0.05, 0) is 25.7 Å². The Hall–Kier alpha value is -4.48. The summed E-state index contributed by atoms with van der Waals surface area (Å²) in [6.07, 6.45) is 8.83. The molecule has 1 atom stereocenters. The predicted octanol–water partition coefficient (Wildman–Crippen LogP) is 3.43. The van der Waals surface area contributed by atoms with Gasteiger partial charge in [0.15, 0.2) is 22.9 Å². The van der Waals surface area contributed by atoms with E-state index in [0.717, 1.165) is 31.4 Å². The minimum absolute atomic E-state index is 0.0412. The van der Waals surface area contributed by atoms with Crippen LogP contribution in [0.25, 0.3) is 16.8 Å². The molecule has 2 aliphatic rings. The number of nitrogens with one attached hydrogen (secondary N) is 2. The lowest BCUT2D eigenvalue weighted by molar-refractivity contribution is -0.122. The molecule has 2 N–H and O–H groups in total. The topological polar surface area (TPSA) is 129 Å². The van der Waals surface area contributed by atoms with Crippen LogP contribution in [0.15, 0.2) is 41.4 Å². The third-order valence-electron chi connectivity index (χ3n) is 6.80. The van der Waals surface area contributed by atoms with E-state index in [1.165, 1.54) is 0 Å². The second-order valence-electron chi connectivity index (χ2n) is 9.32. The van der Waals surface area contributed by atoms with Crippen LogP contribution < -0.4 is 29.7 Å². The number of imidazole rings is 1. The Labute approximate surface area is 218 Å². The van der Waals surface area contributed by atoms with Gasteiger partial charge in [0.05, 0.1) is 39.5 Å². The molecule has 1 saturated heterocycles. The number of amides is 1. The molecule has 1 aliphatic carbocycles. The fourth-order valence-corrected chi connectivity index (χ4v) is 4.73. The Morgan fingerprint density at radius 3 is 2.58 bits per heavy atom. The van der Waals surface area contributed by atoms with E-state index in [2.05, 4.69) is 15.6 Å². The number of benzene rings is 1. The number of nitrogens with zero attached hydrogens (tertiary/aromatic N) is 5. The van der Waals surface area contributed by atoms with Crippen molar-refractivity contribution in [3.05, 3.63) is 37.0 Å². The van der Waals surface area contributed by atoms with Gasteiger partial charge in [-0.3, -0.25) is 4.79 Å². The minimum Gasteiger partial charge on any atom is -0.493 e. The van der Waals surface area contributed by atoms with Crippen molar-refractivity contribution in [2.24, 2.45) is 0 Å². The van der Waals surface area contributed by atoms with Crippen LogP contribution in [-0.4, -0.2) is 65.4 Å². The maximum Gasteiger partial charge on any atom is 0.243 e. The van der Waals surface area contributed by atoms with Crippen LogP contribution in [0.3, 0.4) is 0 Å². The zero-order valence-corrected chi connectivity index (χ0v) is 21.4. The monoisotopic (exact) mass is 519 g/mol. The number of fused-ring (bicyclic) bond motifs is 1. The molecule has 1 saturated carbocycles. The third kappa shape index (κ3) is 4.42. The molecule has 1 aromatic carbocycles. The van der Waals surface area contributed by atoms with Crippen LogP contribution >= 0.6 is 0 Å². The van der Waals surface area contributed by atoms with E-state index in [4.69, 9.17) is 28.6 Å². The lowest BCUT2D eigenvalue weighted by Gasteiger charge is -2.24. The number of aromatic nitrogens is 4. The van der Waals surface area contributed by atoms with E-state index >= 15 is 0 Å². The van der Waals surface area contributed by atoms with Gasteiger partial charge in [-0.25, -0.2) is 9.97 Å². The van der Waals surface area contributed by atoms with Crippen molar-refractivity contribution in [1.82, 2.24) is 24.8 Å². The number of hydrogen-bond donors (Lipinski definition) is 2. The molecule has 0 radical (unpaired) electrons. The predicted molar refractivity (Wildman–Crippen MR) is 140 cm³/mol. The van der Waals surface area contributed by atoms with Crippen molar-refractivity contribution in [2.45, 2.75) is 37.8 Å². The van der Waals surface area contributed by atoms with Gasteiger partial charge in [0.2, 0.25) is 17.6 Å². The summed E-state index contributed by atoms with van der Waals surface area (Å²) in [4.78, 5) is 28.8. The van der Waals surface area contributed by atoms with Gasteiger partial charge >= 0.3 is 0 Å². The summed E-state index contributed by atoms with van der Waals surface area (Å²) in [6.45, 7) is 0.710. The second-order valence-corrected chi connectivity index (χ2v) is 9.32. The molecule has 3 aromatic heterocycles. The molecule has 6 rings (SSSR count). The number of carbonyl (C=O) groups excluding carboxylic acids is 1. The summed E-state index contributed by atoms with van der Waals surface area (Å²) < 4.78 is 23.9. The van der Waals surface area contributed by atoms with Gasteiger partial charge < -0.3 is 38.7 Å². The average Bonchev–Trinajstić information content (AvgIpc) is 3.33. The summed E-state index contributed by atoms with van der Waals surface area (Å²) in [5.74, 6) is 3.13. The van der Waals surface area contributed by atoms with E-state index in [1.807, 2.05) is 27.8 Å². The molecule has 1 amide bonds. The van der Waals surface area contributed by atoms with Crippen molar-refractivity contribution in [3.8, 4) is 22.9 Å². The quantitative estimate of drug-likeness (QED) is 0.339. The van der Waals surface area contributed by atoms with E-state index in [0.29, 0.717) is 58.5 Å². The summed E-state index contributed by atoms with van der Waals surface area (Å²) in [6, 6.07) is 5.48. The van der Waals surface area contributed by atoms with Gasteiger partial charge in [-0.2, -0.15) is 4.98 Å². The molecule has 12 nitrogen and oxygen atoms in total. The highest BCUT2D eigenvalue weighted by Crippen LogP contribution is 2.39. The SMILES string of the molecule is COc1cc(-n2cnc(Nc3nc(N4CCCC4C(=O)NC4CC4)nc4ccoc34)c2)cc(OC)c1OC.